The minimum Gasteiger partial charge on any atom is -0.394 e. The van der Waals surface area contributed by atoms with Crippen molar-refractivity contribution in [2.75, 3.05) is 19.0 Å². The molecule has 1 aliphatic carbocycles. The number of amides is 3. The molecule has 7 heteroatoms. The van der Waals surface area contributed by atoms with Gasteiger partial charge in [0, 0.05) is 18.7 Å². The van der Waals surface area contributed by atoms with Crippen LogP contribution in [-0.4, -0.2) is 53.5 Å². The lowest BCUT2D eigenvalue weighted by atomic mass is 9.68. The van der Waals surface area contributed by atoms with Crippen molar-refractivity contribution >= 4 is 34.2 Å². The van der Waals surface area contributed by atoms with E-state index < -0.39 is 29.8 Å². The van der Waals surface area contributed by atoms with Crippen molar-refractivity contribution in [1.29, 1.82) is 0 Å². The minimum atomic E-state index is -0.818. The maximum atomic E-state index is 14.1. The summed E-state index contributed by atoms with van der Waals surface area (Å²) in [6.07, 6.45) is 6.41. The van der Waals surface area contributed by atoms with Gasteiger partial charge in [-0.25, -0.2) is 0 Å². The molecular weight excluding hydrogens is 466 g/mol. The third-order valence-electron chi connectivity index (χ3n) is 8.35. The zero-order valence-corrected chi connectivity index (χ0v) is 22.2. The highest BCUT2D eigenvalue weighted by Gasteiger charge is 2.58. The summed E-state index contributed by atoms with van der Waals surface area (Å²) in [6, 6.07) is 12.3. The molecule has 2 aliphatic rings. The number of benzene rings is 2. The number of likely N-dealkylation sites (tertiary alicyclic amines) is 1. The van der Waals surface area contributed by atoms with Gasteiger partial charge in [0.25, 0.3) is 0 Å². The lowest BCUT2D eigenvalue weighted by Crippen LogP contribution is -2.52. The number of fused-ring (bicyclic) bond motifs is 2. The van der Waals surface area contributed by atoms with Crippen molar-refractivity contribution in [2.24, 2.45) is 29.6 Å². The van der Waals surface area contributed by atoms with Gasteiger partial charge in [-0.15, -0.1) is 0 Å². The fraction of sp³-hybridized carbons (Fsp3) is 0.500. The number of hydrogen-bond donors (Lipinski definition) is 3. The van der Waals surface area contributed by atoms with Crippen LogP contribution in [0.4, 0.5) is 5.69 Å². The number of nitrogens with one attached hydrogen (secondary N) is 2. The molecule has 0 saturated carbocycles. The quantitative estimate of drug-likeness (QED) is 0.449. The van der Waals surface area contributed by atoms with E-state index in [9.17, 15) is 19.5 Å². The number of aliphatic hydroxyl groups excluding tert-OH is 1. The Balaban J connectivity index is 1.75. The van der Waals surface area contributed by atoms with E-state index in [1.807, 2.05) is 68.5 Å². The molecule has 0 radical (unpaired) electrons. The first-order valence-electron chi connectivity index (χ1n) is 13.5. The van der Waals surface area contributed by atoms with Crippen LogP contribution in [0.5, 0.6) is 0 Å². The molecule has 4 rings (SSSR count). The van der Waals surface area contributed by atoms with Crippen LogP contribution < -0.4 is 10.6 Å². The minimum absolute atomic E-state index is 0.0149. The molecule has 0 spiro atoms. The molecule has 0 bridgehead atoms. The highest BCUT2D eigenvalue weighted by Crippen LogP contribution is 2.46. The Morgan fingerprint density at radius 1 is 1.05 bits per heavy atom. The van der Waals surface area contributed by atoms with Gasteiger partial charge in [-0.1, -0.05) is 76.1 Å². The summed E-state index contributed by atoms with van der Waals surface area (Å²) in [6.45, 7) is 5.82. The lowest BCUT2D eigenvalue weighted by molar-refractivity contribution is -0.143. The number of aliphatic hydroxyl groups is 1. The SMILES string of the molecule is CCC[C@@H]1C=C[C@H]2[C@H](C(=O)N([C@@H](CO)[C@@H](C)CC)[C@@H]2C(=O)Nc2ccc3ccccc3c2)[C@@H]1C(=O)NC. The second-order valence-corrected chi connectivity index (χ2v) is 10.5. The molecule has 1 aliphatic heterocycles. The fourth-order valence-corrected chi connectivity index (χ4v) is 6.23. The molecule has 1 fully saturated rings. The standard InChI is InChI=1S/C30H39N3O4/c1-5-9-20-13-15-23-26(25(20)28(35)31-4)30(37)33(24(17-34)18(3)6-2)27(23)29(36)32-22-14-12-19-10-7-8-11-21(19)16-22/h7-8,10-16,18,20,23-27,34H,5-6,9,17H2,1-4H3,(H,31,35)(H,32,36)/t18-,20+,23-,24-,25+,26-,27-/m0/s1. The molecule has 3 N–H and O–H groups in total. The maximum Gasteiger partial charge on any atom is 0.247 e. The Hall–Kier alpha value is -3.19. The Morgan fingerprint density at radius 3 is 2.43 bits per heavy atom. The number of carbonyl (C=O) groups excluding carboxylic acids is 3. The van der Waals surface area contributed by atoms with Gasteiger partial charge in [-0.3, -0.25) is 14.4 Å². The van der Waals surface area contributed by atoms with E-state index in [1.165, 1.54) is 0 Å². The van der Waals surface area contributed by atoms with Crippen LogP contribution >= 0.6 is 0 Å². The van der Waals surface area contributed by atoms with Crippen LogP contribution in [-0.2, 0) is 14.4 Å². The topological polar surface area (TPSA) is 98.7 Å². The van der Waals surface area contributed by atoms with Crippen molar-refractivity contribution in [3.05, 3.63) is 54.6 Å². The predicted octanol–water partition coefficient (Wildman–Crippen LogP) is 3.98. The van der Waals surface area contributed by atoms with Gasteiger partial charge in [-0.05, 0) is 41.2 Å². The first-order valence-corrected chi connectivity index (χ1v) is 13.5. The van der Waals surface area contributed by atoms with Crippen LogP contribution in [0.25, 0.3) is 10.8 Å². The zero-order chi connectivity index (χ0) is 26.7. The monoisotopic (exact) mass is 505 g/mol. The first-order chi connectivity index (χ1) is 17.9. The second-order valence-electron chi connectivity index (χ2n) is 10.5. The molecular formula is C30H39N3O4. The van der Waals surface area contributed by atoms with Crippen LogP contribution in [0.3, 0.4) is 0 Å². The molecule has 0 aromatic heterocycles. The number of anilines is 1. The summed E-state index contributed by atoms with van der Waals surface area (Å²) < 4.78 is 0. The van der Waals surface area contributed by atoms with E-state index in [2.05, 4.69) is 17.6 Å². The van der Waals surface area contributed by atoms with Crippen LogP contribution in [0.1, 0.15) is 40.0 Å². The summed E-state index contributed by atoms with van der Waals surface area (Å²) in [5, 5.41) is 18.3. The molecule has 2 aromatic carbocycles. The summed E-state index contributed by atoms with van der Waals surface area (Å²) in [7, 11) is 1.59. The molecule has 7 nitrogen and oxygen atoms in total. The van der Waals surface area contributed by atoms with Crippen molar-refractivity contribution in [2.45, 2.75) is 52.1 Å². The molecule has 0 unspecified atom stereocenters. The summed E-state index contributed by atoms with van der Waals surface area (Å²) >= 11 is 0. The Kier molecular flexibility index (Phi) is 8.32. The lowest BCUT2D eigenvalue weighted by Gasteiger charge is -2.36. The molecule has 198 valence electrons. The molecule has 1 heterocycles. The number of allylic oxidation sites excluding steroid dienone is 1. The molecule has 3 amide bonds. The van der Waals surface area contributed by atoms with Crippen molar-refractivity contribution in [3.8, 4) is 0 Å². The van der Waals surface area contributed by atoms with E-state index in [-0.39, 0.29) is 36.2 Å². The Labute approximate surface area is 219 Å². The van der Waals surface area contributed by atoms with E-state index >= 15 is 0 Å². The molecule has 37 heavy (non-hydrogen) atoms. The average molecular weight is 506 g/mol. The van der Waals surface area contributed by atoms with Crippen molar-refractivity contribution < 1.29 is 19.5 Å². The summed E-state index contributed by atoms with van der Waals surface area (Å²) in [5.74, 6) is -2.44. The first kappa shape index (κ1) is 26.9. The summed E-state index contributed by atoms with van der Waals surface area (Å²) in [5.41, 5.74) is 0.648. The van der Waals surface area contributed by atoms with Gasteiger partial charge in [0.15, 0.2) is 0 Å². The second kappa shape index (κ2) is 11.5. The maximum absolute atomic E-state index is 14.1. The van der Waals surface area contributed by atoms with E-state index in [0.717, 1.165) is 30.0 Å². The Bertz CT molecular complexity index is 1180. The van der Waals surface area contributed by atoms with Crippen LogP contribution in [0, 0.1) is 29.6 Å². The van der Waals surface area contributed by atoms with Gasteiger partial charge >= 0.3 is 0 Å². The number of carbonyl (C=O) groups is 3. The Morgan fingerprint density at radius 2 is 1.78 bits per heavy atom. The van der Waals surface area contributed by atoms with E-state index in [1.54, 1.807) is 11.9 Å². The predicted molar refractivity (Wildman–Crippen MR) is 146 cm³/mol. The van der Waals surface area contributed by atoms with E-state index in [4.69, 9.17) is 0 Å². The summed E-state index contributed by atoms with van der Waals surface area (Å²) in [4.78, 5) is 42.7. The highest BCUT2D eigenvalue weighted by molar-refractivity contribution is 6.03. The van der Waals surface area contributed by atoms with Crippen LogP contribution in [0.2, 0.25) is 0 Å². The average Bonchev–Trinajstić information content (AvgIpc) is 3.20. The number of nitrogens with zero attached hydrogens (tertiary/aromatic N) is 1. The molecule has 7 atom stereocenters. The van der Waals surface area contributed by atoms with Gasteiger partial charge in [0.05, 0.1) is 24.5 Å². The molecule has 1 saturated heterocycles. The third kappa shape index (κ3) is 5.01. The molecule has 2 aromatic rings. The fourth-order valence-electron chi connectivity index (χ4n) is 6.23. The van der Waals surface area contributed by atoms with Gasteiger partial charge in [0.2, 0.25) is 17.7 Å². The normalized spacial score (nSPS) is 26.6. The van der Waals surface area contributed by atoms with Gasteiger partial charge in [-0.2, -0.15) is 0 Å². The van der Waals surface area contributed by atoms with Crippen molar-refractivity contribution in [3.63, 3.8) is 0 Å². The van der Waals surface area contributed by atoms with E-state index in [0.29, 0.717) is 5.69 Å². The van der Waals surface area contributed by atoms with Crippen molar-refractivity contribution in [1.82, 2.24) is 10.2 Å². The van der Waals surface area contributed by atoms with Gasteiger partial charge < -0.3 is 20.6 Å². The van der Waals surface area contributed by atoms with Gasteiger partial charge in [0.1, 0.15) is 6.04 Å². The van der Waals surface area contributed by atoms with Crippen LogP contribution in [0.15, 0.2) is 54.6 Å². The number of hydrogen-bond acceptors (Lipinski definition) is 4. The smallest absolute Gasteiger partial charge is 0.247 e. The highest BCUT2D eigenvalue weighted by atomic mass is 16.3. The largest absolute Gasteiger partial charge is 0.394 e. The zero-order valence-electron chi connectivity index (χ0n) is 22.2. The third-order valence-corrected chi connectivity index (χ3v) is 8.35. The number of rotatable bonds is 9.